The van der Waals surface area contributed by atoms with E-state index in [1.165, 1.54) is 64.5 Å². The van der Waals surface area contributed by atoms with Gasteiger partial charge in [-0.3, -0.25) is 0 Å². The molecule has 8 aromatic carbocycles. The Labute approximate surface area is 309 Å². The molecule has 0 unspecified atom stereocenters. The van der Waals surface area contributed by atoms with Crippen LogP contribution < -0.4 is 41.3 Å². The van der Waals surface area contributed by atoms with Crippen LogP contribution in [0.1, 0.15) is 13.8 Å². The van der Waals surface area contributed by atoms with Gasteiger partial charge in [-0.15, -0.1) is 0 Å². The first-order chi connectivity index (χ1) is 25.7. The van der Waals surface area contributed by atoms with Crippen molar-refractivity contribution in [2.24, 2.45) is 0 Å². The minimum absolute atomic E-state index is 0.603. The highest BCUT2D eigenvalue weighted by Crippen LogP contribution is 2.46. The van der Waals surface area contributed by atoms with E-state index in [9.17, 15) is 0 Å². The highest BCUT2D eigenvalue weighted by atomic mass is 31.1. The molecule has 0 radical (unpaired) electrons. The second-order valence-electron chi connectivity index (χ2n) is 12.6. The maximum absolute atomic E-state index is 6.22. The predicted molar refractivity (Wildman–Crippen MR) is 227 cm³/mol. The molecule has 8 rings (SSSR count). The Kier molecular flexibility index (Phi) is 10.1. The second-order valence-corrected chi connectivity index (χ2v) is 16.9. The lowest BCUT2D eigenvalue weighted by molar-refractivity contribution is 0.340. The summed E-state index contributed by atoms with van der Waals surface area (Å²) in [5, 5.41) is 12.7. The van der Waals surface area contributed by atoms with E-state index >= 15 is 0 Å². The van der Waals surface area contributed by atoms with Gasteiger partial charge >= 0.3 is 0 Å². The van der Waals surface area contributed by atoms with Crippen molar-refractivity contribution in [2.75, 3.05) is 13.2 Å². The number of ether oxygens (including phenoxy) is 2. The Morgan fingerprint density at radius 2 is 0.673 bits per heavy atom. The fraction of sp³-hybridized carbons (Fsp3) is 0.0833. The predicted octanol–water partition coefficient (Wildman–Crippen LogP) is 9.97. The van der Waals surface area contributed by atoms with Crippen LogP contribution in [0.4, 0.5) is 0 Å². The average molecular weight is 711 g/mol. The van der Waals surface area contributed by atoms with Gasteiger partial charge in [0.05, 0.1) is 13.2 Å². The number of benzene rings is 8. The Morgan fingerprint density at radius 3 is 0.981 bits per heavy atom. The van der Waals surface area contributed by atoms with E-state index in [2.05, 4.69) is 196 Å². The van der Waals surface area contributed by atoms with Gasteiger partial charge in [0.25, 0.3) is 0 Å². The van der Waals surface area contributed by atoms with Crippen LogP contribution in [-0.4, -0.2) is 13.2 Å². The lowest BCUT2D eigenvalue weighted by atomic mass is 9.93. The van der Waals surface area contributed by atoms with Gasteiger partial charge in [-0.1, -0.05) is 158 Å². The molecule has 0 aliphatic carbocycles. The molecule has 0 saturated carbocycles. The standard InChI is InChI=1S/C48H40O2P2/c1-3-49-37-29-25-35-27-31-45(51(39-17-9-5-10-18-39)40-19-11-6-12-20-40)47(43(35)33-37)48-44-34-38(50-4-2)30-26-36(44)28-32-46(48)52(41-21-13-7-14-22-41)42-23-15-8-16-24-42/h5-34H,3-4H2,1-2H3. The van der Waals surface area contributed by atoms with E-state index in [0.717, 1.165) is 11.5 Å². The number of rotatable bonds is 11. The average Bonchev–Trinajstić information content (AvgIpc) is 3.20. The van der Waals surface area contributed by atoms with Crippen molar-refractivity contribution in [1.29, 1.82) is 0 Å². The zero-order chi connectivity index (χ0) is 35.3. The molecule has 0 N–H and O–H groups in total. The van der Waals surface area contributed by atoms with Crippen LogP contribution >= 0.6 is 15.8 Å². The van der Waals surface area contributed by atoms with Crippen molar-refractivity contribution in [3.05, 3.63) is 182 Å². The van der Waals surface area contributed by atoms with E-state index < -0.39 is 15.8 Å². The highest BCUT2D eigenvalue weighted by Gasteiger charge is 2.28. The lowest BCUT2D eigenvalue weighted by Crippen LogP contribution is -2.26. The monoisotopic (exact) mass is 710 g/mol. The fourth-order valence-corrected chi connectivity index (χ4v) is 12.1. The van der Waals surface area contributed by atoms with Gasteiger partial charge < -0.3 is 9.47 Å². The third-order valence-corrected chi connectivity index (χ3v) is 14.3. The normalized spacial score (nSPS) is 11.4. The van der Waals surface area contributed by atoms with Crippen LogP contribution in [0, 0.1) is 0 Å². The molecule has 8 aromatic rings. The summed E-state index contributed by atoms with van der Waals surface area (Å²) in [6.07, 6.45) is 0. The molecular formula is C48H40O2P2. The van der Waals surface area contributed by atoms with E-state index in [1.807, 2.05) is 0 Å². The molecule has 0 aromatic heterocycles. The van der Waals surface area contributed by atoms with Crippen LogP contribution in [0.5, 0.6) is 11.5 Å². The van der Waals surface area contributed by atoms with Crippen LogP contribution in [0.15, 0.2) is 182 Å². The number of fused-ring (bicyclic) bond motifs is 2. The molecule has 0 aliphatic rings. The van der Waals surface area contributed by atoms with Crippen LogP contribution in [0.25, 0.3) is 32.7 Å². The Bertz CT molecular complexity index is 2180. The maximum Gasteiger partial charge on any atom is 0.119 e. The number of hydrogen-bond donors (Lipinski definition) is 0. The Morgan fingerprint density at radius 1 is 0.365 bits per heavy atom. The summed E-state index contributed by atoms with van der Waals surface area (Å²) in [6.45, 7) is 5.31. The van der Waals surface area contributed by atoms with E-state index in [1.54, 1.807) is 0 Å². The first-order valence-electron chi connectivity index (χ1n) is 17.9. The van der Waals surface area contributed by atoms with Gasteiger partial charge in [-0.25, -0.2) is 0 Å². The molecule has 2 nitrogen and oxygen atoms in total. The first-order valence-corrected chi connectivity index (χ1v) is 20.6. The zero-order valence-corrected chi connectivity index (χ0v) is 31.2. The van der Waals surface area contributed by atoms with E-state index in [-0.39, 0.29) is 0 Å². The quantitative estimate of drug-likeness (QED) is 0.125. The summed E-state index contributed by atoms with van der Waals surface area (Å²) < 4.78 is 12.4. The van der Waals surface area contributed by atoms with Gasteiger partial charge in [-0.2, -0.15) is 0 Å². The van der Waals surface area contributed by atoms with Crippen molar-refractivity contribution in [3.8, 4) is 22.6 Å². The van der Waals surface area contributed by atoms with Gasteiger partial charge in [-0.05, 0) is 118 Å². The lowest BCUT2D eigenvalue weighted by Gasteiger charge is -2.28. The van der Waals surface area contributed by atoms with Gasteiger partial charge in [0.2, 0.25) is 0 Å². The molecule has 52 heavy (non-hydrogen) atoms. The molecule has 0 fully saturated rings. The van der Waals surface area contributed by atoms with Gasteiger partial charge in [0.1, 0.15) is 11.5 Å². The second kappa shape index (κ2) is 15.5. The molecule has 0 bridgehead atoms. The molecule has 0 spiro atoms. The smallest absolute Gasteiger partial charge is 0.119 e. The molecule has 0 heterocycles. The molecule has 0 atom stereocenters. The minimum Gasteiger partial charge on any atom is -0.494 e. The van der Waals surface area contributed by atoms with Crippen LogP contribution in [-0.2, 0) is 0 Å². The third kappa shape index (κ3) is 6.73. The first kappa shape index (κ1) is 33.9. The summed E-state index contributed by atoms with van der Waals surface area (Å²) in [4.78, 5) is 0. The van der Waals surface area contributed by atoms with Crippen LogP contribution in [0.3, 0.4) is 0 Å². The molecule has 0 aliphatic heterocycles. The Balaban J connectivity index is 1.56. The summed E-state index contributed by atoms with van der Waals surface area (Å²) >= 11 is 0. The summed E-state index contributed by atoms with van der Waals surface area (Å²) in [6, 6.07) is 66.7. The summed E-state index contributed by atoms with van der Waals surface area (Å²) in [5.41, 5.74) is 2.51. The molecular weight excluding hydrogens is 670 g/mol. The maximum atomic E-state index is 6.22. The SMILES string of the molecule is CCOc1ccc2ccc(P(c3ccccc3)c3ccccc3)c(-c3c(P(c4ccccc4)c4ccccc4)ccc4ccc(OCC)cc34)c2c1. The summed E-state index contributed by atoms with van der Waals surface area (Å²) in [5.74, 6) is 1.75. The van der Waals surface area contributed by atoms with Gasteiger partial charge in [0, 0.05) is 0 Å². The largest absolute Gasteiger partial charge is 0.494 e. The van der Waals surface area contributed by atoms with E-state index in [0.29, 0.717) is 13.2 Å². The van der Waals surface area contributed by atoms with E-state index in [4.69, 9.17) is 9.47 Å². The van der Waals surface area contributed by atoms with Crippen molar-refractivity contribution >= 4 is 69.2 Å². The zero-order valence-electron chi connectivity index (χ0n) is 29.4. The molecule has 254 valence electrons. The third-order valence-electron chi connectivity index (χ3n) is 9.35. The van der Waals surface area contributed by atoms with Crippen molar-refractivity contribution in [3.63, 3.8) is 0 Å². The molecule has 4 heteroatoms. The molecule has 0 amide bonds. The number of hydrogen-bond acceptors (Lipinski definition) is 2. The fourth-order valence-electron chi connectivity index (χ4n) is 7.15. The van der Waals surface area contributed by atoms with Gasteiger partial charge in [0.15, 0.2) is 0 Å². The summed E-state index contributed by atoms with van der Waals surface area (Å²) in [7, 11) is -1.91. The highest BCUT2D eigenvalue weighted by molar-refractivity contribution is 7.80. The minimum atomic E-state index is -0.956. The topological polar surface area (TPSA) is 18.5 Å². The Hall–Kier alpha value is -5.26. The van der Waals surface area contributed by atoms with Crippen molar-refractivity contribution < 1.29 is 9.47 Å². The van der Waals surface area contributed by atoms with Crippen molar-refractivity contribution in [1.82, 2.24) is 0 Å². The molecule has 0 saturated heterocycles. The van der Waals surface area contributed by atoms with Crippen LogP contribution in [0.2, 0.25) is 0 Å². The van der Waals surface area contributed by atoms with Crippen molar-refractivity contribution in [2.45, 2.75) is 13.8 Å².